The molecule has 2 fully saturated rings. The standard InChI is InChI=1S/C24H28N4O3S/c25-22(30)21-18-5-1-2-6-19(18)32-24(21)26-23(31)15-13-20(29)28(14-15)17-9-7-16(8-10-17)27-11-3-4-12-27/h7-10,15H,1-6,11-14H2,(H2,25,30)(H,26,31). The monoisotopic (exact) mass is 452 g/mol. The Balaban J connectivity index is 1.29. The number of nitrogens with zero attached hydrogens (tertiary/aromatic N) is 2. The van der Waals surface area contributed by atoms with E-state index in [2.05, 4.69) is 22.3 Å². The van der Waals surface area contributed by atoms with Crippen LogP contribution < -0.4 is 20.9 Å². The smallest absolute Gasteiger partial charge is 0.251 e. The van der Waals surface area contributed by atoms with Crippen LogP contribution in [-0.4, -0.2) is 37.4 Å². The molecule has 168 valence electrons. The van der Waals surface area contributed by atoms with Crippen LogP contribution in [0.15, 0.2) is 24.3 Å². The first-order valence-electron chi connectivity index (χ1n) is 11.4. The Hall–Kier alpha value is -2.87. The topological polar surface area (TPSA) is 95.7 Å². The van der Waals surface area contributed by atoms with Gasteiger partial charge in [-0.1, -0.05) is 0 Å². The lowest BCUT2D eigenvalue weighted by atomic mass is 9.95. The lowest BCUT2D eigenvalue weighted by Crippen LogP contribution is -2.28. The lowest BCUT2D eigenvalue weighted by Gasteiger charge is -2.20. The third-order valence-corrected chi connectivity index (χ3v) is 7.99. The van der Waals surface area contributed by atoms with Crippen LogP contribution in [-0.2, 0) is 22.4 Å². The van der Waals surface area contributed by atoms with E-state index in [0.717, 1.165) is 54.9 Å². The third kappa shape index (κ3) is 3.88. The van der Waals surface area contributed by atoms with Crippen molar-refractivity contribution in [3.63, 3.8) is 0 Å². The summed E-state index contributed by atoms with van der Waals surface area (Å²) in [5.41, 5.74) is 9.08. The first kappa shape index (κ1) is 21.0. The molecule has 0 radical (unpaired) electrons. The first-order valence-corrected chi connectivity index (χ1v) is 12.2. The van der Waals surface area contributed by atoms with E-state index < -0.39 is 11.8 Å². The first-order chi connectivity index (χ1) is 15.5. The van der Waals surface area contributed by atoms with E-state index in [1.165, 1.54) is 29.9 Å². The molecule has 3 amide bonds. The van der Waals surface area contributed by atoms with Crippen LogP contribution in [0.3, 0.4) is 0 Å². The second-order valence-corrected chi connectivity index (χ2v) is 9.99. The molecule has 3 aliphatic rings. The number of carbonyl (C=O) groups excluding carboxylic acids is 3. The summed E-state index contributed by atoms with van der Waals surface area (Å²) in [6.07, 6.45) is 6.45. The zero-order chi connectivity index (χ0) is 22.2. The van der Waals surface area contributed by atoms with Gasteiger partial charge in [0.25, 0.3) is 5.91 Å². The molecule has 2 aromatic rings. The number of rotatable bonds is 5. The van der Waals surface area contributed by atoms with E-state index in [9.17, 15) is 14.4 Å². The third-order valence-electron chi connectivity index (χ3n) is 6.78. The van der Waals surface area contributed by atoms with E-state index in [4.69, 9.17) is 5.73 Å². The van der Waals surface area contributed by atoms with Crippen LogP contribution >= 0.6 is 11.3 Å². The Bertz CT molecular complexity index is 1060. The Morgan fingerprint density at radius 2 is 1.69 bits per heavy atom. The van der Waals surface area contributed by atoms with Crippen LogP contribution in [0.2, 0.25) is 0 Å². The molecule has 2 aliphatic heterocycles. The number of benzene rings is 1. The number of primary amides is 1. The van der Waals surface area contributed by atoms with Crippen LogP contribution in [0.4, 0.5) is 16.4 Å². The van der Waals surface area contributed by atoms with E-state index in [1.54, 1.807) is 4.90 Å². The highest BCUT2D eigenvalue weighted by molar-refractivity contribution is 7.17. The summed E-state index contributed by atoms with van der Waals surface area (Å²) in [6, 6.07) is 8.03. The Kier molecular flexibility index (Phi) is 5.63. The minimum Gasteiger partial charge on any atom is -0.372 e. The number of anilines is 3. The van der Waals surface area contributed by atoms with Gasteiger partial charge in [-0.25, -0.2) is 0 Å². The number of fused-ring (bicyclic) bond motifs is 1. The predicted molar refractivity (Wildman–Crippen MR) is 126 cm³/mol. The molecule has 5 rings (SSSR count). The summed E-state index contributed by atoms with van der Waals surface area (Å²) in [5, 5.41) is 3.46. The van der Waals surface area contributed by atoms with E-state index in [1.807, 2.05) is 12.1 Å². The molecule has 3 N–H and O–H groups in total. The minimum absolute atomic E-state index is 0.0559. The summed E-state index contributed by atoms with van der Waals surface area (Å²) in [6.45, 7) is 2.48. The Morgan fingerprint density at radius 3 is 2.41 bits per heavy atom. The van der Waals surface area contributed by atoms with Gasteiger partial charge in [0.2, 0.25) is 11.8 Å². The van der Waals surface area contributed by atoms with Gasteiger partial charge >= 0.3 is 0 Å². The van der Waals surface area contributed by atoms with Crippen LogP contribution in [0, 0.1) is 5.92 Å². The summed E-state index contributed by atoms with van der Waals surface area (Å²) < 4.78 is 0. The number of carbonyl (C=O) groups is 3. The molecule has 1 aromatic carbocycles. The fourth-order valence-corrected chi connectivity index (χ4v) is 6.38. The molecule has 0 bridgehead atoms. The normalized spacial score (nSPS) is 20.5. The molecule has 1 aromatic heterocycles. The van der Waals surface area contributed by atoms with Gasteiger partial charge in [0.05, 0.1) is 11.5 Å². The van der Waals surface area contributed by atoms with Gasteiger partial charge in [0.1, 0.15) is 5.00 Å². The largest absolute Gasteiger partial charge is 0.372 e. The van der Waals surface area contributed by atoms with Crippen molar-refractivity contribution in [1.82, 2.24) is 0 Å². The zero-order valence-electron chi connectivity index (χ0n) is 18.1. The summed E-state index contributed by atoms with van der Waals surface area (Å²) >= 11 is 1.45. The average molecular weight is 453 g/mol. The highest BCUT2D eigenvalue weighted by atomic mass is 32.1. The van der Waals surface area contributed by atoms with Gasteiger partial charge in [-0.15, -0.1) is 11.3 Å². The fourth-order valence-electron chi connectivity index (χ4n) is 5.08. The molecule has 1 unspecified atom stereocenters. The molecule has 0 saturated carbocycles. The van der Waals surface area contributed by atoms with Crippen molar-refractivity contribution in [3.8, 4) is 0 Å². The van der Waals surface area contributed by atoms with Crippen molar-refractivity contribution in [2.24, 2.45) is 11.7 Å². The van der Waals surface area contributed by atoms with Crippen LogP contribution in [0.25, 0.3) is 0 Å². The van der Waals surface area contributed by atoms with E-state index in [-0.39, 0.29) is 18.2 Å². The second kappa shape index (κ2) is 8.58. The van der Waals surface area contributed by atoms with Gasteiger partial charge in [0, 0.05) is 42.3 Å². The maximum atomic E-state index is 13.0. The van der Waals surface area contributed by atoms with Crippen molar-refractivity contribution in [2.45, 2.75) is 44.9 Å². The number of thiophene rings is 1. The molecule has 32 heavy (non-hydrogen) atoms. The highest BCUT2D eigenvalue weighted by Crippen LogP contribution is 2.38. The van der Waals surface area contributed by atoms with E-state index >= 15 is 0 Å². The van der Waals surface area contributed by atoms with Gasteiger partial charge < -0.3 is 20.9 Å². The number of nitrogens with one attached hydrogen (secondary N) is 1. The fraction of sp³-hybridized carbons (Fsp3) is 0.458. The summed E-state index contributed by atoms with van der Waals surface area (Å²) in [4.78, 5) is 43.0. The molecule has 1 atom stereocenters. The number of aryl methyl sites for hydroxylation is 1. The van der Waals surface area contributed by atoms with Crippen molar-refractivity contribution < 1.29 is 14.4 Å². The number of amides is 3. The number of hydrogen-bond acceptors (Lipinski definition) is 5. The maximum absolute atomic E-state index is 13.0. The van der Waals surface area contributed by atoms with Gasteiger partial charge in [-0.2, -0.15) is 0 Å². The second-order valence-electron chi connectivity index (χ2n) is 8.88. The molecule has 2 saturated heterocycles. The van der Waals surface area contributed by atoms with Gasteiger partial charge in [0.15, 0.2) is 0 Å². The van der Waals surface area contributed by atoms with Gasteiger partial charge in [-0.05, 0) is 68.4 Å². The number of nitrogens with two attached hydrogens (primary N) is 1. The average Bonchev–Trinajstić information content (AvgIpc) is 3.52. The quantitative estimate of drug-likeness (QED) is 0.727. The molecule has 7 nitrogen and oxygen atoms in total. The molecule has 8 heteroatoms. The summed E-state index contributed by atoms with van der Waals surface area (Å²) in [5.74, 6) is -1.24. The maximum Gasteiger partial charge on any atom is 0.251 e. The van der Waals surface area contributed by atoms with E-state index in [0.29, 0.717) is 17.1 Å². The summed E-state index contributed by atoms with van der Waals surface area (Å²) in [7, 11) is 0. The van der Waals surface area contributed by atoms with Gasteiger partial charge in [-0.3, -0.25) is 14.4 Å². The molecule has 0 spiro atoms. The predicted octanol–water partition coefficient (Wildman–Crippen LogP) is 3.32. The lowest BCUT2D eigenvalue weighted by molar-refractivity contribution is -0.122. The van der Waals surface area contributed by atoms with Crippen molar-refractivity contribution in [1.29, 1.82) is 0 Å². The van der Waals surface area contributed by atoms with Crippen molar-refractivity contribution in [2.75, 3.05) is 34.8 Å². The molecule has 3 heterocycles. The van der Waals surface area contributed by atoms with Crippen LogP contribution in [0.5, 0.6) is 0 Å². The highest BCUT2D eigenvalue weighted by Gasteiger charge is 2.36. The van der Waals surface area contributed by atoms with Crippen molar-refractivity contribution in [3.05, 3.63) is 40.3 Å². The zero-order valence-corrected chi connectivity index (χ0v) is 18.9. The van der Waals surface area contributed by atoms with Crippen LogP contribution in [0.1, 0.15) is 52.9 Å². The Labute approximate surface area is 191 Å². The SMILES string of the molecule is NC(=O)c1c(NC(=O)C2CC(=O)N(c3ccc(N4CCCC4)cc3)C2)sc2c1CCCC2. The molecular weight excluding hydrogens is 424 g/mol. The molecule has 1 aliphatic carbocycles. The Morgan fingerprint density at radius 1 is 1.00 bits per heavy atom. The minimum atomic E-state index is -0.498. The molecular formula is C24H28N4O3S. The van der Waals surface area contributed by atoms with Crippen molar-refractivity contribution >= 4 is 45.4 Å². The number of hydrogen-bond donors (Lipinski definition) is 2.